The number of benzene rings is 1. The van der Waals surface area contributed by atoms with Crippen molar-refractivity contribution in [1.29, 1.82) is 0 Å². The fourth-order valence-electron chi connectivity index (χ4n) is 4.71. The molecule has 1 aliphatic heterocycles. The van der Waals surface area contributed by atoms with Gasteiger partial charge in [0.25, 0.3) is 0 Å². The predicted octanol–water partition coefficient (Wildman–Crippen LogP) is 3.98. The van der Waals surface area contributed by atoms with Crippen LogP contribution in [0.4, 0.5) is 5.82 Å². The summed E-state index contributed by atoms with van der Waals surface area (Å²) in [6, 6.07) is 11.6. The minimum Gasteiger partial charge on any atom is -0.507 e. The number of rotatable bonds is 4. The standard InChI is InChI=1S/C23H30N6O/c1-22(2)13-16(14-23(3,4)28-22)29(5)21-9-7-19(26-27-21)17-12-15(6-8-20(17)30)18-10-11-24-25-18/h6-12,16,28,30H,13-14H2,1-5H3,(H,24,25). The van der Waals surface area contributed by atoms with Gasteiger partial charge < -0.3 is 15.3 Å². The second-order valence-electron chi connectivity index (χ2n) is 9.54. The Hall–Kier alpha value is -2.93. The molecule has 3 N–H and O–H groups in total. The molecule has 7 heteroatoms. The van der Waals surface area contributed by atoms with Crippen LogP contribution in [0.2, 0.25) is 0 Å². The number of hydrogen-bond donors (Lipinski definition) is 3. The zero-order valence-electron chi connectivity index (χ0n) is 18.3. The third-order valence-corrected chi connectivity index (χ3v) is 5.81. The Labute approximate surface area is 177 Å². The number of aromatic nitrogens is 4. The Balaban J connectivity index is 1.58. The van der Waals surface area contributed by atoms with Gasteiger partial charge in [0.15, 0.2) is 5.82 Å². The van der Waals surface area contributed by atoms with E-state index in [0.717, 1.165) is 29.9 Å². The molecule has 2 aromatic heterocycles. The van der Waals surface area contributed by atoms with Gasteiger partial charge in [0.05, 0.1) is 11.4 Å². The topological polar surface area (TPSA) is 90.0 Å². The summed E-state index contributed by atoms with van der Waals surface area (Å²) in [5.74, 6) is 1.01. The van der Waals surface area contributed by atoms with Gasteiger partial charge in [-0.25, -0.2) is 0 Å². The van der Waals surface area contributed by atoms with Crippen molar-refractivity contribution in [3.63, 3.8) is 0 Å². The molecule has 0 saturated carbocycles. The molecule has 30 heavy (non-hydrogen) atoms. The molecule has 0 spiro atoms. The van der Waals surface area contributed by atoms with E-state index in [-0.39, 0.29) is 16.8 Å². The minimum atomic E-state index is 0.0624. The lowest BCUT2D eigenvalue weighted by Gasteiger charge is -2.49. The van der Waals surface area contributed by atoms with Crippen LogP contribution in [0.1, 0.15) is 40.5 Å². The number of nitrogens with one attached hydrogen (secondary N) is 2. The first kappa shape index (κ1) is 20.3. The van der Waals surface area contributed by atoms with Crippen LogP contribution in [0.3, 0.4) is 0 Å². The van der Waals surface area contributed by atoms with Gasteiger partial charge in [-0.05, 0) is 76.9 Å². The highest BCUT2D eigenvalue weighted by Crippen LogP contribution is 2.34. The zero-order valence-corrected chi connectivity index (χ0v) is 18.3. The first-order valence-corrected chi connectivity index (χ1v) is 10.3. The molecular weight excluding hydrogens is 376 g/mol. The molecule has 1 aliphatic rings. The molecular formula is C23H30N6O. The van der Waals surface area contributed by atoms with Gasteiger partial charge in [0, 0.05) is 41.5 Å². The van der Waals surface area contributed by atoms with Gasteiger partial charge in [0.2, 0.25) is 0 Å². The van der Waals surface area contributed by atoms with Crippen molar-refractivity contribution >= 4 is 5.82 Å². The van der Waals surface area contributed by atoms with E-state index < -0.39 is 0 Å². The molecule has 1 saturated heterocycles. The Bertz CT molecular complexity index is 995. The highest BCUT2D eigenvalue weighted by Gasteiger charge is 2.39. The second-order valence-corrected chi connectivity index (χ2v) is 9.54. The number of hydrogen-bond acceptors (Lipinski definition) is 6. The van der Waals surface area contributed by atoms with Crippen LogP contribution in [0.5, 0.6) is 5.75 Å². The summed E-state index contributed by atoms with van der Waals surface area (Å²) in [6.45, 7) is 9.00. The van der Waals surface area contributed by atoms with E-state index in [1.807, 2.05) is 30.3 Å². The lowest BCUT2D eigenvalue weighted by Crippen LogP contribution is -2.62. The van der Waals surface area contributed by atoms with E-state index in [2.05, 4.69) is 65.4 Å². The molecule has 0 aliphatic carbocycles. The average molecular weight is 407 g/mol. The zero-order chi connectivity index (χ0) is 21.5. The SMILES string of the molecule is CN(c1ccc(-c2cc(-c3ccn[nH]3)ccc2O)nn1)C1CC(C)(C)NC(C)(C)C1. The molecule has 158 valence electrons. The fourth-order valence-corrected chi connectivity index (χ4v) is 4.71. The van der Waals surface area contributed by atoms with Gasteiger partial charge in [0.1, 0.15) is 5.75 Å². The van der Waals surface area contributed by atoms with Crippen LogP contribution in [-0.4, -0.2) is 49.7 Å². The van der Waals surface area contributed by atoms with Crippen molar-refractivity contribution in [2.24, 2.45) is 0 Å². The second kappa shape index (κ2) is 7.40. The third-order valence-electron chi connectivity index (χ3n) is 5.81. The van der Waals surface area contributed by atoms with Gasteiger partial charge in [-0.15, -0.1) is 10.2 Å². The first-order chi connectivity index (χ1) is 14.1. The Kier molecular flexibility index (Phi) is 5.02. The monoisotopic (exact) mass is 406 g/mol. The molecule has 7 nitrogen and oxygen atoms in total. The minimum absolute atomic E-state index is 0.0624. The number of aromatic amines is 1. The number of phenols is 1. The summed E-state index contributed by atoms with van der Waals surface area (Å²) in [6.07, 6.45) is 3.77. The van der Waals surface area contributed by atoms with Crippen molar-refractivity contribution < 1.29 is 5.11 Å². The molecule has 3 heterocycles. The maximum absolute atomic E-state index is 10.4. The molecule has 0 unspecified atom stereocenters. The quantitative estimate of drug-likeness (QED) is 0.607. The van der Waals surface area contributed by atoms with Crippen LogP contribution in [0, 0.1) is 0 Å². The number of piperidine rings is 1. The molecule has 0 bridgehead atoms. The van der Waals surface area contributed by atoms with Crippen LogP contribution < -0.4 is 10.2 Å². The summed E-state index contributed by atoms with van der Waals surface area (Å²) in [5, 5.41) is 29.9. The smallest absolute Gasteiger partial charge is 0.151 e. The van der Waals surface area contributed by atoms with Crippen LogP contribution in [0.15, 0.2) is 42.6 Å². The highest BCUT2D eigenvalue weighted by molar-refractivity contribution is 5.74. The number of aromatic hydroxyl groups is 1. The van der Waals surface area contributed by atoms with E-state index in [1.54, 1.807) is 12.3 Å². The molecule has 1 fully saturated rings. The predicted molar refractivity (Wildman–Crippen MR) is 119 cm³/mol. The van der Waals surface area contributed by atoms with E-state index in [4.69, 9.17) is 0 Å². The van der Waals surface area contributed by atoms with Gasteiger partial charge in [-0.1, -0.05) is 0 Å². The summed E-state index contributed by atoms with van der Waals surface area (Å²) in [4.78, 5) is 2.22. The normalized spacial score (nSPS) is 18.3. The van der Waals surface area contributed by atoms with Gasteiger partial charge >= 0.3 is 0 Å². The van der Waals surface area contributed by atoms with Gasteiger partial charge in [-0.3, -0.25) is 5.10 Å². The summed E-state index contributed by atoms with van der Waals surface area (Å²) in [5.41, 5.74) is 3.23. The van der Waals surface area contributed by atoms with Crippen LogP contribution in [0.25, 0.3) is 22.5 Å². The Morgan fingerprint density at radius 3 is 2.33 bits per heavy atom. The Morgan fingerprint density at radius 2 is 1.73 bits per heavy atom. The first-order valence-electron chi connectivity index (χ1n) is 10.3. The summed E-state index contributed by atoms with van der Waals surface area (Å²) in [7, 11) is 2.09. The van der Waals surface area contributed by atoms with Crippen molar-refractivity contribution in [3.8, 4) is 28.3 Å². The maximum atomic E-state index is 10.4. The van der Waals surface area contributed by atoms with Crippen molar-refractivity contribution in [3.05, 3.63) is 42.6 Å². The number of H-pyrrole nitrogens is 1. The molecule has 3 aromatic rings. The lowest BCUT2D eigenvalue weighted by atomic mass is 9.79. The molecule has 0 radical (unpaired) electrons. The van der Waals surface area contributed by atoms with Crippen LogP contribution in [-0.2, 0) is 0 Å². The summed E-state index contributed by atoms with van der Waals surface area (Å²) >= 11 is 0. The van der Waals surface area contributed by atoms with E-state index in [0.29, 0.717) is 17.3 Å². The van der Waals surface area contributed by atoms with Crippen molar-refractivity contribution in [2.45, 2.75) is 57.7 Å². The number of anilines is 1. The maximum Gasteiger partial charge on any atom is 0.151 e. The van der Waals surface area contributed by atoms with Gasteiger partial charge in [-0.2, -0.15) is 5.10 Å². The average Bonchev–Trinajstić information content (AvgIpc) is 3.20. The fraction of sp³-hybridized carbons (Fsp3) is 0.435. The molecule has 0 atom stereocenters. The molecule has 1 aromatic carbocycles. The molecule has 0 amide bonds. The third kappa shape index (κ3) is 4.16. The largest absolute Gasteiger partial charge is 0.507 e. The van der Waals surface area contributed by atoms with E-state index in [1.165, 1.54) is 0 Å². The number of phenolic OH excluding ortho intramolecular Hbond substituents is 1. The number of nitrogens with zero attached hydrogens (tertiary/aromatic N) is 4. The van der Waals surface area contributed by atoms with Crippen molar-refractivity contribution in [2.75, 3.05) is 11.9 Å². The van der Waals surface area contributed by atoms with E-state index >= 15 is 0 Å². The van der Waals surface area contributed by atoms with Crippen LogP contribution >= 0.6 is 0 Å². The van der Waals surface area contributed by atoms with Crippen molar-refractivity contribution in [1.82, 2.24) is 25.7 Å². The Morgan fingerprint density at radius 1 is 1.00 bits per heavy atom. The van der Waals surface area contributed by atoms with E-state index in [9.17, 15) is 5.11 Å². The highest BCUT2D eigenvalue weighted by atomic mass is 16.3. The molecule has 4 rings (SSSR count). The lowest BCUT2D eigenvalue weighted by molar-refractivity contribution is 0.160. The summed E-state index contributed by atoms with van der Waals surface area (Å²) < 4.78 is 0.